The van der Waals surface area contributed by atoms with Gasteiger partial charge in [0.15, 0.2) is 5.96 Å². The summed E-state index contributed by atoms with van der Waals surface area (Å²) in [5.41, 5.74) is 0.928. The third kappa shape index (κ3) is 4.52. The van der Waals surface area contributed by atoms with Crippen LogP contribution in [0.4, 0.5) is 0 Å². The lowest BCUT2D eigenvalue weighted by Crippen LogP contribution is -2.45. The minimum absolute atomic E-state index is 0.00506. The molecule has 0 aliphatic carbocycles. The number of ether oxygens (including phenoxy) is 1. The molecular weight excluding hydrogens is 318 g/mol. The van der Waals surface area contributed by atoms with E-state index in [9.17, 15) is 5.11 Å². The number of nitrogens with one attached hydrogen (secondary N) is 2. The highest BCUT2D eigenvalue weighted by molar-refractivity contribution is 5.80. The first-order valence-corrected chi connectivity index (χ1v) is 8.85. The number of rotatable bonds is 7. The molecule has 25 heavy (non-hydrogen) atoms. The summed E-state index contributed by atoms with van der Waals surface area (Å²) >= 11 is 0. The molecule has 1 saturated heterocycles. The highest BCUT2D eigenvalue weighted by Gasteiger charge is 2.34. The van der Waals surface area contributed by atoms with Crippen molar-refractivity contribution in [1.29, 1.82) is 0 Å². The molecule has 1 aliphatic heterocycles. The Bertz CT molecular complexity index is 672. The van der Waals surface area contributed by atoms with Gasteiger partial charge in [0, 0.05) is 50.6 Å². The van der Waals surface area contributed by atoms with E-state index in [1.165, 1.54) is 0 Å². The van der Waals surface area contributed by atoms with Crippen molar-refractivity contribution >= 4 is 16.9 Å². The average Bonchev–Trinajstić information content (AvgIpc) is 3.25. The van der Waals surface area contributed by atoms with Gasteiger partial charge in [-0.15, -0.1) is 0 Å². The predicted octanol–water partition coefficient (Wildman–Crippen LogP) is 1.93. The fraction of sp³-hybridized carbons (Fsp3) is 0.526. The molecule has 2 aromatic rings. The van der Waals surface area contributed by atoms with Gasteiger partial charge in [-0.3, -0.25) is 4.99 Å². The summed E-state index contributed by atoms with van der Waals surface area (Å²) in [6.07, 6.45) is 2.51. The third-order valence-electron chi connectivity index (χ3n) is 4.82. The molecule has 0 radical (unpaired) electrons. The van der Waals surface area contributed by atoms with E-state index in [1.54, 1.807) is 7.05 Å². The summed E-state index contributed by atoms with van der Waals surface area (Å²) in [6, 6.07) is 10.1. The Labute approximate surface area is 148 Å². The first-order valence-electron chi connectivity index (χ1n) is 8.85. The number of para-hydroxylation sites is 1. The number of aliphatic hydroxyl groups excluding tert-OH is 1. The van der Waals surface area contributed by atoms with Gasteiger partial charge in [0.2, 0.25) is 0 Å². The van der Waals surface area contributed by atoms with Crippen molar-refractivity contribution in [3.05, 3.63) is 36.1 Å². The van der Waals surface area contributed by atoms with Crippen molar-refractivity contribution in [1.82, 2.24) is 10.6 Å². The molecular formula is C19H27N3O3. The molecule has 1 atom stereocenters. The van der Waals surface area contributed by atoms with Crippen molar-refractivity contribution in [2.45, 2.75) is 19.3 Å². The number of guanidine groups is 1. The maximum absolute atomic E-state index is 9.30. The first-order chi connectivity index (χ1) is 12.2. The van der Waals surface area contributed by atoms with Gasteiger partial charge in [-0.05, 0) is 25.0 Å². The van der Waals surface area contributed by atoms with Gasteiger partial charge in [-0.1, -0.05) is 18.2 Å². The second-order valence-electron chi connectivity index (χ2n) is 6.63. The Kier molecular flexibility index (Phi) is 5.94. The number of benzene rings is 1. The van der Waals surface area contributed by atoms with Crippen molar-refractivity contribution in [3.63, 3.8) is 0 Å². The van der Waals surface area contributed by atoms with Gasteiger partial charge in [0.25, 0.3) is 0 Å². The van der Waals surface area contributed by atoms with Crippen LogP contribution in [0.5, 0.6) is 0 Å². The number of aliphatic hydroxyl groups is 1. The summed E-state index contributed by atoms with van der Waals surface area (Å²) in [4.78, 5) is 4.27. The Hall–Kier alpha value is -2.05. The molecule has 0 amide bonds. The van der Waals surface area contributed by atoms with Gasteiger partial charge in [0.05, 0.1) is 6.61 Å². The Morgan fingerprint density at radius 3 is 2.92 bits per heavy atom. The maximum Gasteiger partial charge on any atom is 0.191 e. The van der Waals surface area contributed by atoms with E-state index in [0.717, 1.165) is 61.6 Å². The van der Waals surface area contributed by atoms with Crippen LogP contribution in [0.3, 0.4) is 0 Å². The highest BCUT2D eigenvalue weighted by atomic mass is 16.5. The molecule has 6 heteroatoms. The quantitative estimate of drug-likeness (QED) is 0.528. The van der Waals surface area contributed by atoms with Crippen molar-refractivity contribution in [3.8, 4) is 0 Å². The van der Waals surface area contributed by atoms with E-state index in [1.807, 2.05) is 18.2 Å². The molecule has 3 N–H and O–H groups in total. The fourth-order valence-corrected chi connectivity index (χ4v) is 3.27. The lowest BCUT2D eigenvalue weighted by atomic mass is 9.84. The smallest absolute Gasteiger partial charge is 0.191 e. The van der Waals surface area contributed by atoms with Crippen LogP contribution in [0, 0.1) is 5.41 Å². The first kappa shape index (κ1) is 17.8. The second-order valence-corrected chi connectivity index (χ2v) is 6.63. The average molecular weight is 345 g/mol. The summed E-state index contributed by atoms with van der Waals surface area (Å²) in [5, 5.41) is 17.1. The van der Waals surface area contributed by atoms with Crippen LogP contribution in [0.1, 0.15) is 18.6 Å². The van der Waals surface area contributed by atoms with Crippen molar-refractivity contribution < 1.29 is 14.3 Å². The molecule has 3 rings (SSSR count). The Morgan fingerprint density at radius 1 is 1.32 bits per heavy atom. The topological polar surface area (TPSA) is 79.0 Å². The SMILES string of the molecule is CN=C(NCCc1cc2ccccc2o1)NCC1(CCO)CCOC1. The molecule has 136 valence electrons. The number of nitrogens with zero attached hydrogens (tertiary/aromatic N) is 1. The molecule has 1 unspecified atom stereocenters. The Morgan fingerprint density at radius 2 is 2.20 bits per heavy atom. The van der Waals surface area contributed by atoms with E-state index in [0.29, 0.717) is 6.61 Å². The molecule has 1 aliphatic rings. The van der Waals surface area contributed by atoms with Crippen LogP contribution in [-0.4, -0.2) is 51.0 Å². The van der Waals surface area contributed by atoms with Gasteiger partial charge in [-0.2, -0.15) is 0 Å². The number of fused-ring (bicyclic) bond motifs is 1. The fourth-order valence-electron chi connectivity index (χ4n) is 3.27. The van der Waals surface area contributed by atoms with Crippen molar-refractivity contribution in [2.75, 3.05) is 40.0 Å². The van der Waals surface area contributed by atoms with E-state index in [2.05, 4.69) is 27.8 Å². The van der Waals surface area contributed by atoms with Gasteiger partial charge in [-0.25, -0.2) is 0 Å². The third-order valence-corrected chi connectivity index (χ3v) is 4.82. The van der Waals surface area contributed by atoms with Crippen LogP contribution < -0.4 is 10.6 Å². The van der Waals surface area contributed by atoms with Crippen molar-refractivity contribution in [2.24, 2.45) is 10.4 Å². The molecule has 1 aromatic carbocycles. The minimum atomic E-state index is 0.00506. The van der Waals surface area contributed by atoms with Crippen LogP contribution in [0.25, 0.3) is 11.0 Å². The molecule has 0 saturated carbocycles. The molecule has 0 bridgehead atoms. The Balaban J connectivity index is 1.47. The lowest BCUT2D eigenvalue weighted by Gasteiger charge is -2.27. The number of hydrogen-bond donors (Lipinski definition) is 3. The minimum Gasteiger partial charge on any atom is -0.461 e. The summed E-state index contributed by atoms with van der Waals surface area (Å²) in [7, 11) is 1.76. The van der Waals surface area contributed by atoms with Crippen LogP contribution in [0.2, 0.25) is 0 Å². The number of aliphatic imine (C=N–C) groups is 1. The molecule has 6 nitrogen and oxygen atoms in total. The lowest BCUT2D eigenvalue weighted by molar-refractivity contribution is 0.127. The summed E-state index contributed by atoms with van der Waals surface area (Å²) in [6.45, 7) is 3.13. The normalized spacial score (nSPS) is 21.0. The maximum atomic E-state index is 9.30. The van der Waals surface area contributed by atoms with Crippen LogP contribution >= 0.6 is 0 Å². The zero-order valence-corrected chi connectivity index (χ0v) is 14.8. The number of hydrogen-bond acceptors (Lipinski definition) is 4. The van der Waals surface area contributed by atoms with Gasteiger partial charge >= 0.3 is 0 Å². The summed E-state index contributed by atoms with van der Waals surface area (Å²) in [5.74, 6) is 1.73. The zero-order valence-electron chi connectivity index (χ0n) is 14.8. The van der Waals surface area contributed by atoms with E-state index in [4.69, 9.17) is 9.15 Å². The van der Waals surface area contributed by atoms with Gasteiger partial charge in [0.1, 0.15) is 11.3 Å². The van der Waals surface area contributed by atoms with Crippen LogP contribution in [0.15, 0.2) is 39.7 Å². The second kappa shape index (κ2) is 8.36. The predicted molar refractivity (Wildman–Crippen MR) is 98.9 cm³/mol. The molecule has 0 spiro atoms. The zero-order chi connectivity index (χ0) is 17.5. The summed E-state index contributed by atoms with van der Waals surface area (Å²) < 4.78 is 11.4. The molecule has 1 aromatic heterocycles. The largest absolute Gasteiger partial charge is 0.461 e. The highest BCUT2D eigenvalue weighted by Crippen LogP contribution is 2.31. The molecule has 1 fully saturated rings. The van der Waals surface area contributed by atoms with E-state index < -0.39 is 0 Å². The number of furan rings is 1. The standard InChI is InChI=1S/C19H27N3O3/c1-20-18(22-13-19(7-10-23)8-11-24-14-19)21-9-6-16-12-15-4-2-3-5-17(15)25-16/h2-5,12,23H,6-11,13-14H2,1H3,(H2,20,21,22). The molecule has 2 heterocycles. The van der Waals surface area contributed by atoms with E-state index >= 15 is 0 Å². The van der Waals surface area contributed by atoms with Crippen LogP contribution in [-0.2, 0) is 11.2 Å². The van der Waals surface area contributed by atoms with E-state index in [-0.39, 0.29) is 12.0 Å². The van der Waals surface area contributed by atoms with Gasteiger partial charge < -0.3 is 24.9 Å². The monoisotopic (exact) mass is 345 g/mol.